The van der Waals surface area contributed by atoms with E-state index >= 15 is 0 Å². The van der Waals surface area contributed by atoms with Crippen molar-refractivity contribution < 1.29 is 17.5 Å². The molecule has 1 atom stereocenters. The molecule has 0 amide bonds. The van der Waals surface area contributed by atoms with Gasteiger partial charge in [0.15, 0.2) is 0 Å². The number of nitrogens with zero attached hydrogens (tertiary/aromatic N) is 1. The van der Waals surface area contributed by atoms with Crippen molar-refractivity contribution in [3.05, 3.63) is 0 Å². The zero-order valence-electron chi connectivity index (χ0n) is 10.6. The van der Waals surface area contributed by atoms with Gasteiger partial charge in [-0.2, -0.15) is 0 Å². The summed E-state index contributed by atoms with van der Waals surface area (Å²) in [6, 6.07) is 0. The van der Waals surface area contributed by atoms with E-state index < -0.39 is 15.5 Å². The highest BCUT2D eigenvalue weighted by atomic mass is 32.2. The molecule has 0 aromatic heterocycles. The lowest BCUT2D eigenvalue weighted by Crippen LogP contribution is -2.30. The molecule has 0 aliphatic carbocycles. The van der Waals surface area contributed by atoms with Crippen LogP contribution in [0.15, 0.2) is 0 Å². The van der Waals surface area contributed by atoms with Crippen LogP contribution >= 0.6 is 0 Å². The second-order valence-corrected chi connectivity index (χ2v) is 6.59. The third-order valence-corrected chi connectivity index (χ3v) is 2.29. The summed E-state index contributed by atoms with van der Waals surface area (Å²) in [5.74, 6) is 0. The first-order chi connectivity index (χ1) is 6.98. The van der Waals surface area contributed by atoms with E-state index in [2.05, 4.69) is 28.2 Å². The molecule has 6 nitrogen and oxygen atoms in total. The van der Waals surface area contributed by atoms with E-state index in [0.29, 0.717) is 19.4 Å². The normalized spacial score (nSPS) is 13.9. The number of quaternary nitrogens is 1. The Hall–Kier alpha value is -0.210. The summed E-state index contributed by atoms with van der Waals surface area (Å²) in [6.07, 6.45) is 1.48. The highest BCUT2D eigenvalue weighted by molar-refractivity contribution is 7.86. The minimum Gasteiger partial charge on any atom is -0.747 e. The van der Waals surface area contributed by atoms with Gasteiger partial charge in [0, 0.05) is 0 Å². The van der Waals surface area contributed by atoms with Crippen molar-refractivity contribution in [3.8, 4) is 0 Å². The third-order valence-electron chi connectivity index (χ3n) is 1.31. The number of rotatable bonds is 5. The van der Waals surface area contributed by atoms with Crippen LogP contribution in [0.3, 0.4) is 0 Å². The SMILES string of the molecule is C[N+](C)(C)C.NCCCCC(N)S(=O)(=O)[O-]. The summed E-state index contributed by atoms with van der Waals surface area (Å²) in [7, 11) is 4.20. The Balaban J connectivity index is 0. The fourth-order valence-electron chi connectivity index (χ4n) is 0.634. The Morgan fingerprint density at radius 2 is 1.56 bits per heavy atom. The maximum Gasteiger partial charge on any atom is 0.111 e. The summed E-state index contributed by atoms with van der Waals surface area (Å²) in [5.41, 5.74) is 10.2. The van der Waals surface area contributed by atoms with Crippen LogP contribution in [-0.4, -0.2) is 57.6 Å². The molecule has 0 heterocycles. The third kappa shape index (κ3) is 19.4. The van der Waals surface area contributed by atoms with Crippen LogP contribution in [0.1, 0.15) is 19.3 Å². The van der Waals surface area contributed by atoms with Gasteiger partial charge in [0.05, 0.1) is 33.6 Å². The maximum absolute atomic E-state index is 10.2. The Labute approximate surface area is 98.9 Å². The van der Waals surface area contributed by atoms with Gasteiger partial charge < -0.3 is 20.5 Å². The zero-order valence-corrected chi connectivity index (χ0v) is 11.5. The number of hydrogen-bond donors (Lipinski definition) is 2. The van der Waals surface area contributed by atoms with Crippen molar-refractivity contribution >= 4 is 10.1 Å². The summed E-state index contributed by atoms with van der Waals surface area (Å²) in [5, 5.41) is -1.27. The maximum atomic E-state index is 10.2. The topological polar surface area (TPSA) is 109 Å². The molecule has 0 radical (unpaired) electrons. The van der Waals surface area contributed by atoms with E-state index in [1.807, 2.05) is 0 Å². The predicted octanol–water partition coefficient (Wildman–Crippen LogP) is -0.732. The van der Waals surface area contributed by atoms with Crippen LogP contribution in [0.2, 0.25) is 0 Å². The van der Waals surface area contributed by atoms with Crippen LogP contribution in [0.4, 0.5) is 0 Å². The van der Waals surface area contributed by atoms with E-state index in [0.717, 1.165) is 4.48 Å². The fraction of sp³-hybridized carbons (Fsp3) is 1.00. The average Bonchev–Trinajstić information content (AvgIpc) is 1.99. The average molecular weight is 255 g/mol. The Bertz CT molecular complexity index is 254. The molecule has 0 saturated heterocycles. The standard InChI is InChI=1S/C5H14N2O3S.C4H12N/c6-4-2-1-3-5(7)11(8,9)10;1-5(2,3)4/h5H,1-4,6-7H2,(H,8,9,10);1-4H3/q;+1/p-1. The molecule has 100 valence electrons. The molecule has 4 N–H and O–H groups in total. The molecular weight excluding hydrogens is 230 g/mol. The molecule has 0 aromatic rings. The Kier molecular flexibility index (Phi) is 9.04. The Morgan fingerprint density at radius 1 is 1.19 bits per heavy atom. The Morgan fingerprint density at radius 3 is 1.81 bits per heavy atom. The smallest absolute Gasteiger partial charge is 0.111 e. The predicted molar refractivity (Wildman–Crippen MR) is 64.5 cm³/mol. The van der Waals surface area contributed by atoms with Crippen LogP contribution < -0.4 is 11.5 Å². The summed E-state index contributed by atoms with van der Waals surface area (Å²) < 4.78 is 31.6. The van der Waals surface area contributed by atoms with Gasteiger partial charge in [-0.25, -0.2) is 8.42 Å². The first kappa shape index (κ1) is 18.2. The van der Waals surface area contributed by atoms with E-state index in [9.17, 15) is 13.0 Å². The first-order valence-corrected chi connectivity index (χ1v) is 6.65. The van der Waals surface area contributed by atoms with Crippen LogP contribution in [0.25, 0.3) is 0 Å². The number of nitrogens with two attached hydrogens (primary N) is 2. The lowest BCUT2D eigenvalue weighted by atomic mass is 10.2. The minimum atomic E-state index is -4.30. The van der Waals surface area contributed by atoms with E-state index in [1.54, 1.807) is 0 Å². The summed E-state index contributed by atoms with van der Waals surface area (Å²) >= 11 is 0. The van der Waals surface area contributed by atoms with Crippen LogP contribution in [0.5, 0.6) is 0 Å². The zero-order chi connectivity index (χ0) is 13.4. The highest BCUT2D eigenvalue weighted by Gasteiger charge is 2.08. The van der Waals surface area contributed by atoms with Gasteiger partial charge in [-0.15, -0.1) is 0 Å². The monoisotopic (exact) mass is 255 g/mol. The quantitative estimate of drug-likeness (QED) is 0.382. The van der Waals surface area contributed by atoms with Crippen LogP contribution in [-0.2, 0) is 10.1 Å². The van der Waals surface area contributed by atoms with Gasteiger partial charge >= 0.3 is 0 Å². The van der Waals surface area contributed by atoms with Gasteiger partial charge in [-0.1, -0.05) is 0 Å². The van der Waals surface area contributed by atoms with E-state index in [-0.39, 0.29) is 6.42 Å². The largest absolute Gasteiger partial charge is 0.747 e. The van der Waals surface area contributed by atoms with Crippen molar-refractivity contribution in [3.63, 3.8) is 0 Å². The van der Waals surface area contributed by atoms with Gasteiger partial charge in [-0.05, 0) is 25.8 Å². The molecule has 0 aromatic carbocycles. The summed E-state index contributed by atoms with van der Waals surface area (Å²) in [6.45, 7) is 0.492. The van der Waals surface area contributed by atoms with Crippen molar-refractivity contribution in [2.75, 3.05) is 34.7 Å². The van der Waals surface area contributed by atoms with Gasteiger partial charge in [0.2, 0.25) is 0 Å². The molecule has 0 bridgehead atoms. The molecule has 0 fully saturated rings. The molecular formula is C9H25N3O3S. The molecule has 0 aliphatic rings. The number of unbranched alkanes of at least 4 members (excludes halogenated alkanes) is 1. The molecule has 0 saturated carbocycles. The molecule has 16 heavy (non-hydrogen) atoms. The second-order valence-electron chi connectivity index (χ2n) is 5.00. The lowest BCUT2D eigenvalue weighted by Gasteiger charge is -2.14. The number of hydrogen-bond acceptors (Lipinski definition) is 5. The highest BCUT2D eigenvalue weighted by Crippen LogP contribution is 2.02. The lowest BCUT2D eigenvalue weighted by molar-refractivity contribution is -0.849. The molecule has 7 heteroatoms. The van der Waals surface area contributed by atoms with E-state index in [4.69, 9.17) is 11.5 Å². The minimum absolute atomic E-state index is 0.197. The molecule has 0 spiro atoms. The van der Waals surface area contributed by atoms with Crippen LogP contribution in [0, 0.1) is 0 Å². The molecule has 1 unspecified atom stereocenters. The van der Waals surface area contributed by atoms with E-state index in [1.165, 1.54) is 0 Å². The first-order valence-electron chi connectivity index (χ1n) is 5.17. The van der Waals surface area contributed by atoms with Crippen molar-refractivity contribution in [2.24, 2.45) is 11.5 Å². The fourth-order valence-corrected chi connectivity index (χ4v) is 1.09. The molecule has 0 rings (SSSR count). The van der Waals surface area contributed by atoms with Gasteiger partial charge in [0.25, 0.3) is 0 Å². The van der Waals surface area contributed by atoms with Gasteiger partial charge in [-0.3, -0.25) is 0 Å². The molecule has 0 aliphatic heterocycles. The van der Waals surface area contributed by atoms with Crippen molar-refractivity contribution in [1.82, 2.24) is 0 Å². The van der Waals surface area contributed by atoms with Gasteiger partial charge in [0.1, 0.15) is 10.1 Å². The summed E-state index contributed by atoms with van der Waals surface area (Å²) in [4.78, 5) is 0. The van der Waals surface area contributed by atoms with Crippen molar-refractivity contribution in [2.45, 2.75) is 24.6 Å². The second kappa shape index (κ2) is 7.97. The van der Waals surface area contributed by atoms with Crippen molar-refractivity contribution in [1.29, 1.82) is 0 Å².